The molecule has 3 heterocycles. The van der Waals surface area contributed by atoms with E-state index < -0.39 is 47.9 Å². The topological polar surface area (TPSA) is 154 Å². The molecule has 7 atom stereocenters. The lowest BCUT2D eigenvalue weighted by Gasteiger charge is -2.38. The molecule has 12 heteroatoms. The zero-order chi connectivity index (χ0) is 30.8. The van der Waals surface area contributed by atoms with E-state index in [0.717, 1.165) is 19.3 Å². The van der Waals surface area contributed by atoms with Crippen molar-refractivity contribution >= 4 is 29.7 Å². The number of alkyl halides is 1. The maximum Gasteiger partial charge on any atom is 0.318 e. The highest BCUT2D eigenvalue weighted by molar-refractivity contribution is 5.96. The number of urea groups is 1. The van der Waals surface area contributed by atoms with Gasteiger partial charge in [-0.1, -0.05) is 34.6 Å². The van der Waals surface area contributed by atoms with Gasteiger partial charge in [0.25, 0.3) is 0 Å². The number of fused-ring (bicyclic) bond motifs is 1. The number of halogens is 1. The molecule has 2 saturated carbocycles. The smallest absolute Gasteiger partial charge is 0.318 e. The summed E-state index contributed by atoms with van der Waals surface area (Å²) in [6.45, 7) is 10.6. The van der Waals surface area contributed by atoms with E-state index in [1.165, 1.54) is 0 Å². The highest BCUT2D eigenvalue weighted by Gasteiger charge is 2.70. The van der Waals surface area contributed by atoms with Crippen LogP contribution < -0.4 is 21.7 Å². The molecule has 5 N–H and O–H groups in total. The largest absolute Gasteiger partial charge is 0.368 e. The highest BCUT2D eigenvalue weighted by Crippen LogP contribution is 2.65. The van der Waals surface area contributed by atoms with Crippen LogP contribution in [0.5, 0.6) is 0 Å². The normalized spacial score (nSPS) is 31.8. The number of carbonyl (C=O) groups is 5. The first-order valence-corrected chi connectivity index (χ1v) is 15.4. The number of piperidine rings is 1. The summed E-state index contributed by atoms with van der Waals surface area (Å²) in [5, 5.41) is 8.74. The minimum atomic E-state index is -1.04. The van der Waals surface area contributed by atoms with Crippen molar-refractivity contribution in [1.82, 2.24) is 25.8 Å². The van der Waals surface area contributed by atoms with Crippen LogP contribution in [-0.4, -0.2) is 89.4 Å². The van der Waals surface area contributed by atoms with E-state index in [4.69, 9.17) is 5.73 Å². The van der Waals surface area contributed by atoms with E-state index in [1.807, 2.05) is 20.8 Å². The Labute approximate surface area is 247 Å². The third-order valence-electron chi connectivity index (χ3n) is 10.7. The number of nitrogens with one attached hydrogen (secondary N) is 3. The Morgan fingerprint density at radius 3 is 2.40 bits per heavy atom. The number of rotatable bonds is 9. The number of nitrogens with two attached hydrogens (primary N) is 1. The lowest BCUT2D eigenvalue weighted by atomic mass is 9.85. The Hall–Kier alpha value is -2.92. The van der Waals surface area contributed by atoms with Gasteiger partial charge in [0.05, 0.1) is 6.67 Å². The number of nitrogens with zero attached hydrogens (tertiary/aromatic N) is 2. The van der Waals surface area contributed by atoms with Gasteiger partial charge in [-0.3, -0.25) is 23.6 Å². The molecule has 0 aromatic carbocycles. The SMILES string of the molecule is CC1(C)C2CN(C(=O)[C@@H](NC(=O)N3CCC(CCF)C3)C(C)(C)C)C(C(=O)N[C@@H](C[C@@H]3CC4(CC4)NC3=O)C(N)=O)C21. The fraction of sp³-hybridized carbons (Fsp3) is 0.833. The van der Waals surface area contributed by atoms with Gasteiger partial charge in [-0.15, -0.1) is 0 Å². The molecule has 3 saturated heterocycles. The summed E-state index contributed by atoms with van der Waals surface area (Å²) in [5.74, 6) is -1.94. The number of likely N-dealkylation sites (tertiary alicyclic amines) is 2. The van der Waals surface area contributed by atoms with Gasteiger partial charge in [-0.05, 0) is 67.1 Å². The zero-order valence-corrected chi connectivity index (χ0v) is 25.5. The predicted octanol–water partition coefficient (Wildman–Crippen LogP) is 1.30. The fourth-order valence-corrected chi connectivity index (χ4v) is 7.69. The van der Waals surface area contributed by atoms with E-state index in [1.54, 1.807) is 9.80 Å². The molecule has 1 spiro atoms. The van der Waals surface area contributed by atoms with Gasteiger partial charge in [0.2, 0.25) is 23.6 Å². The van der Waals surface area contributed by atoms with Gasteiger partial charge >= 0.3 is 6.03 Å². The summed E-state index contributed by atoms with van der Waals surface area (Å²) in [7, 11) is 0. The van der Waals surface area contributed by atoms with Crippen LogP contribution in [-0.2, 0) is 19.2 Å². The third kappa shape index (κ3) is 5.69. The molecule has 0 aromatic rings. The molecule has 5 aliphatic rings. The monoisotopic (exact) mass is 590 g/mol. The number of amides is 6. The molecule has 0 bridgehead atoms. The lowest BCUT2D eigenvalue weighted by molar-refractivity contribution is -0.144. The number of hydrogen-bond donors (Lipinski definition) is 4. The van der Waals surface area contributed by atoms with Gasteiger partial charge in [0.15, 0.2) is 0 Å². The molecule has 5 rings (SSSR count). The minimum Gasteiger partial charge on any atom is -0.368 e. The lowest BCUT2D eigenvalue weighted by Crippen LogP contribution is -2.61. The van der Waals surface area contributed by atoms with E-state index in [9.17, 15) is 28.4 Å². The average Bonchev–Trinajstić information content (AvgIpc) is 3.45. The molecule has 4 unspecified atom stereocenters. The van der Waals surface area contributed by atoms with Crippen LogP contribution >= 0.6 is 0 Å². The zero-order valence-electron chi connectivity index (χ0n) is 25.5. The van der Waals surface area contributed by atoms with Crippen LogP contribution in [0.1, 0.15) is 73.1 Å². The maximum atomic E-state index is 14.1. The van der Waals surface area contributed by atoms with Gasteiger partial charge < -0.3 is 31.5 Å². The molecular formula is C30H47FN6O5. The average molecular weight is 591 g/mol. The highest BCUT2D eigenvalue weighted by atomic mass is 19.1. The second kappa shape index (κ2) is 10.7. The molecule has 5 fully saturated rings. The Balaban J connectivity index is 1.30. The number of primary amides is 1. The van der Waals surface area contributed by atoms with E-state index in [2.05, 4.69) is 29.8 Å². The molecule has 6 amide bonds. The summed E-state index contributed by atoms with van der Waals surface area (Å²) >= 11 is 0. The number of carbonyl (C=O) groups excluding carboxylic acids is 5. The predicted molar refractivity (Wildman–Crippen MR) is 152 cm³/mol. The van der Waals surface area contributed by atoms with Crippen molar-refractivity contribution < 1.29 is 28.4 Å². The Kier molecular flexibility index (Phi) is 7.75. The van der Waals surface area contributed by atoms with Crippen LogP contribution in [0.4, 0.5) is 9.18 Å². The summed E-state index contributed by atoms with van der Waals surface area (Å²) in [4.78, 5) is 69.4. The van der Waals surface area contributed by atoms with Crippen molar-refractivity contribution in [2.24, 2.45) is 40.2 Å². The van der Waals surface area contributed by atoms with Crippen molar-refractivity contribution in [1.29, 1.82) is 0 Å². The van der Waals surface area contributed by atoms with Gasteiger partial charge in [-0.2, -0.15) is 0 Å². The van der Waals surface area contributed by atoms with Crippen molar-refractivity contribution in [2.45, 2.75) is 96.8 Å². The fourth-order valence-electron chi connectivity index (χ4n) is 7.69. The van der Waals surface area contributed by atoms with E-state index in [0.29, 0.717) is 32.5 Å². The summed E-state index contributed by atoms with van der Waals surface area (Å²) in [6, 6.07) is -3.13. The number of hydrogen-bond acceptors (Lipinski definition) is 5. The summed E-state index contributed by atoms with van der Waals surface area (Å²) in [5.41, 5.74) is 4.71. The van der Waals surface area contributed by atoms with E-state index >= 15 is 0 Å². The van der Waals surface area contributed by atoms with Crippen LogP contribution in [0.15, 0.2) is 0 Å². The standard InChI is InChI=1S/C30H47FN6O5/c1-28(2,3)22(34-27(42)36-11-7-16(14-36)6-10-31)26(41)37-15-18-20(29(18,4)5)21(37)25(40)33-19(23(32)38)12-17-13-30(8-9-30)35-24(17)39/h16-22H,6-15H2,1-5H3,(H2,32,38)(H,33,40)(H,34,42)(H,35,39)/t16?,17-,18?,19+,20?,21?,22-/m1/s1. The maximum absolute atomic E-state index is 14.1. The molecule has 234 valence electrons. The first-order chi connectivity index (χ1) is 19.6. The minimum absolute atomic E-state index is 0.101. The molecule has 2 aliphatic carbocycles. The van der Waals surface area contributed by atoms with E-state index in [-0.39, 0.29) is 53.0 Å². The Morgan fingerprint density at radius 2 is 1.83 bits per heavy atom. The third-order valence-corrected chi connectivity index (χ3v) is 10.7. The first-order valence-electron chi connectivity index (χ1n) is 15.4. The first kappa shape index (κ1) is 30.5. The molecule has 11 nitrogen and oxygen atoms in total. The van der Waals surface area contributed by atoms with Crippen LogP contribution in [0, 0.1) is 34.5 Å². The van der Waals surface area contributed by atoms with Crippen molar-refractivity contribution in [3.63, 3.8) is 0 Å². The van der Waals surface area contributed by atoms with Crippen LogP contribution in [0.2, 0.25) is 0 Å². The summed E-state index contributed by atoms with van der Waals surface area (Å²) in [6.07, 6.45) is 3.71. The van der Waals surface area contributed by atoms with Crippen molar-refractivity contribution in [3.05, 3.63) is 0 Å². The Morgan fingerprint density at radius 1 is 1.14 bits per heavy atom. The van der Waals surface area contributed by atoms with Gasteiger partial charge in [-0.25, -0.2) is 4.79 Å². The van der Waals surface area contributed by atoms with Crippen LogP contribution in [0.25, 0.3) is 0 Å². The second-order valence-electron chi connectivity index (χ2n) is 15.1. The van der Waals surface area contributed by atoms with Gasteiger partial charge in [0.1, 0.15) is 18.1 Å². The molecule has 0 aromatic heterocycles. The summed E-state index contributed by atoms with van der Waals surface area (Å²) < 4.78 is 12.8. The quantitative estimate of drug-likeness (QED) is 0.319. The molecule has 3 aliphatic heterocycles. The van der Waals surface area contributed by atoms with Crippen LogP contribution in [0.3, 0.4) is 0 Å². The van der Waals surface area contributed by atoms with Crippen molar-refractivity contribution in [3.8, 4) is 0 Å². The van der Waals surface area contributed by atoms with Crippen molar-refractivity contribution in [2.75, 3.05) is 26.3 Å². The molecule has 42 heavy (non-hydrogen) atoms. The second-order valence-corrected chi connectivity index (χ2v) is 15.1. The molecule has 0 radical (unpaired) electrons. The molecular weight excluding hydrogens is 543 g/mol. The Bertz CT molecular complexity index is 1150. The van der Waals surface area contributed by atoms with Gasteiger partial charge in [0, 0.05) is 31.1 Å².